The van der Waals surface area contributed by atoms with Gasteiger partial charge < -0.3 is 4.74 Å². The van der Waals surface area contributed by atoms with Crippen molar-refractivity contribution in [2.75, 3.05) is 6.26 Å². The molecule has 0 aliphatic carbocycles. The quantitative estimate of drug-likeness (QED) is 0.216. The van der Waals surface area contributed by atoms with Gasteiger partial charge in [0.25, 0.3) is 0 Å². The van der Waals surface area contributed by atoms with Gasteiger partial charge in [0.15, 0.2) is 0 Å². The van der Waals surface area contributed by atoms with Crippen molar-refractivity contribution < 1.29 is 27.5 Å². The zero-order valence-electron chi connectivity index (χ0n) is 17.4. The summed E-state index contributed by atoms with van der Waals surface area (Å²) in [4.78, 5) is 25.8. The second kappa shape index (κ2) is 9.44. The number of benzene rings is 2. The van der Waals surface area contributed by atoms with Gasteiger partial charge in [-0.2, -0.15) is 18.3 Å². The number of esters is 1. The Kier molecular flexibility index (Phi) is 6.88. The Morgan fingerprint density at radius 2 is 1.81 bits per heavy atom. The van der Waals surface area contributed by atoms with Crippen LogP contribution in [0.15, 0.2) is 59.5 Å². The van der Waals surface area contributed by atoms with Crippen molar-refractivity contribution in [3.05, 3.63) is 82.6 Å². The molecule has 0 atom stereocenters. The maximum atomic E-state index is 13.2. The number of hydrogen-bond acceptors (Lipinski definition) is 5. The molecule has 0 saturated carbocycles. The van der Waals surface area contributed by atoms with Crippen LogP contribution in [0.3, 0.4) is 0 Å². The number of carbonyl (C=O) groups is 2. The summed E-state index contributed by atoms with van der Waals surface area (Å²) in [6.07, 6.45) is -0.161. The number of alkyl halides is 3. The molecule has 0 N–H and O–H groups in total. The topological polar surface area (TPSA) is 61.2 Å². The molecule has 9 heteroatoms. The number of thioether (sulfide) groups is 1. The summed E-state index contributed by atoms with van der Waals surface area (Å²) in [6, 6.07) is 12.0. The highest BCUT2D eigenvalue weighted by Crippen LogP contribution is 2.35. The number of aryl methyl sites for hydroxylation is 2. The van der Waals surface area contributed by atoms with E-state index in [1.807, 2.05) is 30.3 Å². The van der Waals surface area contributed by atoms with Crippen molar-refractivity contribution in [3.8, 4) is 5.88 Å². The van der Waals surface area contributed by atoms with Crippen LogP contribution in [-0.4, -0.2) is 27.8 Å². The van der Waals surface area contributed by atoms with E-state index in [0.717, 1.165) is 35.5 Å². The maximum Gasteiger partial charge on any atom is 0.416 e. The van der Waals surface area contributed by atoms with E-state index >= 15 is 0 Å². The molecule has 0 aliphatic heterocycles. The number of ketones is 1. The molecular formula is C23H19F3N2O3S. The van der Waals surface area contributed by atoms with E-state index in [4.69, 9.17) is 4.74 Å². The summed E-state index contributed by atoms with van der Waals surface area (Å²) in [5.41, 5.74) is 0.317. The first-order valence-corrected chi connectivity index (χ1v) is 10.6. The molecule has 5 nitrogen and oxygen atoms in total. The van der Waals surface area contributed by atoms with Gasteiger partial charge in [-0.05, 0) is 43.0 Å². The lowest BCUT2D eigenvalue weighted by Crippen LogP contribution is -2.13. The highest BCUT2D eigenvalue weighted by Gasteiger charge is 2.32. The lowest BCUT2D eigenvalue weighted by molar-refractivity contribution is -0.137. The van der Waals surface area contributed by atoms with Gasteiger partial charge in [-0.25, -0.2) is 9.48 Å². The fourth-order valence-corrected chi connectivity index (χ4v) is 3.69. The normalized spacial score (nSPS) is 11.7. The summed E-state index contributed by atoms with van der Waals surface area (Å²) in [5.74, 6) is -1.38. The number of nitrogens with zero attached hydrogens (tertiary/aromatic N) is 2. The molecule has 0 spiro atoms. The van der Waals surface area contributed by atoms with Gasteiger partial charge in [-0.3, -0.25) is 4.79 Å². The first kappa shape index (κ1) is 23.3. The van der Waals surface area contributed by atoms with E-state index in [0.29, 0.717) is 5.69 Å². The Bertz CT molecular complexity index is 1190. The first-order valence-electron chi connectivity index (χ1n) is 9.40. The van der Waals surface area contributed by atoms with E-state index in [-0.39, 0.29) is 21.9 Å². The third-order valence-corrected chi connectivity index (χ3v) is 5.36. The summed E-state index contributed by atoms with van der Waals surface area (Å²) in [7, 11) is 1.51. The van der Waals surface area contributed by atoms with Crippen molar-refractivity contribution in [2.45, 2.75) is 18.0 Å². The van der Waals surface area contributed by atoms with Crippen molar-refractivity contribution in [1.29, 1.82) is 0 Å². The predicted octanol–water partition coefficient (Wildman–Crippen LogP) is 5.32. The van der Waals surface area contributed by atoms with Crippen LogP contribution in [0.1, 0.15) is 32.7 Å². The van der Waals surface area contributed by atoms with Crippen LogP contribution >= 0.6 is 11.8 Å². The van der Waals surface area contributed by atoms with Gasteiger partial charge in [0.2, 0.25) is 11.7 Å². The highest BCUT2D eigenvalue weighted by atomic mass is 32.2. The smallest absolute Gasteiger partial charge is 0.404 e. The standard InChI is InChI=1S/C23H19F3N2O3S/c1-14-20(21(30)17-11-10-16(23(24,25)26)13-18(17)32-3)22(28(2)27-14)31-19(29)12-9-15-7-5-4-6-8-15/h4-13H,1-3H3/b12-9+. The number of aromatic nitrogens is 2. The second-order valence-electron chi connectivity index (χ2n) is 6.80. The van der Waals surface area contributed by atoms with Crippen molar-refractivity contribution in [3.63, 3.8) is 0 Å². The van der Waals surface area contributed by atoms with E-state index in [9.17, 15) is 22.8 Å². The molecule has 0 radical (unpaired) electrons. The zero-order valence-corrected chi connectivity index (χ0v) is 18.3. The van der Waals surface area contributed by atoms with Crippen LogP contribution in [0.2, 0.25) is 0 Å². The molecular weight excluding hydrogens is 441 g/mol. The molecule has 0 saturated heterocycles. The summed E-state index contributed by atoms with van der Waals surface area (Å²) >= 11 is 1.02. The Morgan fingerprint density at radius 1 is 1.12 bits per heavy atom. The Hall–Kier alpha value is -3.33. The largest absolute Gasteiger partial charge is 0.416 e. The van der Waals surface area contributed by atoms with Crippen LogP contribution in [0, 0.1) is 6.92 Å². The molecule has 32 heavy (non-hydrogen) atoms. The maximum absolute atomic E-state index is 13.2. The minimum Gasteiger partial charge on any atom is -0.404 e. The van der Waals surface area contributed by atoms with Crippen LogP contribution in [0.5, 0.6) is 5.88 Å². The van der Waals surface area contributed by atoms with Crippen LogP contribution in [0.25, 0.3) is 6.08 Å². The number of rotatable bonds is 6. The summed E-state index contributed by atoms with van der Waals surface area (Å²) in [6.45, 7) is 1.56. The molecule has 1 aromatic heterocycles. The lowest BCUT2D eigenvalue weighted by atomic mass is 10.0. The SMILES string of the molecule is CSc1cc(C(F)(F)F)ccc1C(=O)c1c(C)nn(C)c1OC(=O)/C=C/c1ccccc1. The third-order valence-electron chi connectivity index (χ3n) is 4.58. The molecule has 3 rings (SSSR count). The molecule has 0 fully saturated rings. The van der Waals surface area contributed by atoms with E-state index < -0.39 is 23.5 Å². The molecule has 166 valence electrons. The molecule has 1 heterocycles. The minimum atomic E-state index is -4.53. The Morgan fingerprint density at radius 3 is 2.44 bits per heavy atom. The lowest BCUT2D eigenvalue weighted by Gasteiger charge is -2.12. The average Bonchev–Trinajstić information content (AvgIpc) is 3.04. The fraction of sp³-hybridized carbons (Fsp3) is 0.174. The van der Waals surface area contributed by atoms with Crippen molar-refractivity contribution in [2.24, 2.45) is 7.05 Å². The van der Waals surface area contributed by atoms with E-state index in [2.05, 4.69) is 5.10 Å². The van der Waals surface area contributed by atoms with Gasteiger partial charge in [0.1, 0.15) is 5.56 Å². The third kappa shape index (κ3) is 5.11. The predicted molar refractivity (Wildman–Crippen MR) is 116 cm³/mol. The van der Waals surface area contributed by atoms with Gasteiger partial charge in [-0.1, -0.05) is 30.3 Å². The van der Waals surface area contributed by atoms with Crippen molar-refractivity contribution in [1.82, 2.24) is 9.78 Å². The number of halogens is 3. The molecule has 2 aromatic carbocycles. The van der Waals surface area contributed by atoms with Gasteiger partial charge >= 0.3 is 12.1 Å². The second-order valence-corrected chi connectivity index (χ2v) is 7.64. The molecule has 0 amide bonds. The van der Waals surface area contributed by atoms with E-state index in [1.165, 1.54) is 17.8 Å². The molecule has 0 unspecified atom stereocenters. The number of carbonyl (C=O) groups excluding carboxylic acids is 2. The van der Waals surface area contributed by atoms with Crippen molar-refractivity contribution >= 4 is 29.6 Å². The molecule has 0 aliphatic rings. The number of ether oxygens (including phenoxy) is 1. The Balaban J connectivity index is 1.93. The molecule has 0 bridgehead atoms. The van der Waals surface area contributed by atoms with Crippen LogP contribution in [0.4, 0.5) is 13.2 Å². The van der Waals surface area contributed by atoms with Gasteiger partial charge in [0.05, 0.1) is 11.3 Å². The summed E-state index contributed by atoms with van der Waals surface area (Å²) < 4.78 is 45.8. The van der Waals surface area contributed by atoms with Gasteiger partial charge in [0, 0.05) is 23.6 Å². The number of hydrogen-bond donors (Lipinski definition) is 0. The van der Waals surface area contributed by atoms with Gasteiger partial charge in [-0.15, -0.1) is 11.8 Å². The first-order chi connectivity index (χ1) is 15.1. The van der Waals surface area contributed by atoms with Crippen LogP contribution < -0.4 is 4.74 Å². The zero-order chi connectivity index (χ0) is 23.5. The summed E-state index contributed by atoms with van der Waals surface area (Å²) in [5, 5.41) is 4.15. The Labute approximate surface area is 186 Å². The molecule has 3 aromatic rings. The van der Waals surface area contributed by atoms with E-state index in [1.54, 1.807) is 19.3 Å². The minimum absolute atomic E-state index is 0.0176. The fourth-order valence-electron chi connectivity index (χ4n) is 3.06. The van der Waals surface area contributed by atoms with Crippen LogP contribution in [-0.2, 0) is 18.0 Å². The average molecular weight is 460 g/mol. The monoisotopic (exact) mass is 460 g/mol. The highest BCUT2D eigenvalue weighted by molar-refractivity contribution is 7.98.